The Balaban J connectivity index is 0.00000221. The number of allylic oxidation sites excluding steroid dienone is 4. The Morgan fingerprint density at radius 3 is 1.73 bits per heavy atom. The average Bonchev–Trinajstić information content (AvgIpc) is 3.59. The van der Waals surface area contributed by atoms with E-state index in [4.69, 9.17) is 0 Å². The van der Waals surface area contributed by atoms with Crippen molar-refractivity contribution in [2.45, 2.75) is 79.1 Å². The zero-order valence-corrected chi connectivity index (χ0v) is 32.4. The molecule has 2 aliphatic rings. The van der Waals surface area contributed by atoms with Gasteiger partial charge in [-0.15, -0.1) is 0 Å². The molecule has 0 radical (unpaired) electrons. The molecule has 2 aliphatic carbocycles. The molecule has 0 heterocycles. The maximum absolute atomic E-state index is 2.60. The van der Waals surface area contributed by atoms with Crippen LogP contribution in [0.1, 0.15) is 81.3 Å². The van der Waals surface area contributed by atoms with Gasteiger partial charge in [0.15, 0.2) is 0 Å². The third kappa shape index (κ3) is 6.48. The third-order valence-electron chi connectivity index (χ3n) is 9.14. The van der Waals surface area contributed by atoms with Crippen molar-refractivity contribution >= 4 is 19.1 Å². The van der Waals surface area contributed by atoms with Crippen LogP contribution < -0.4 is 38.5 Å². The van der Waals surface area contributed by atoms with Gasteiger partial charge in [0.1, 0.15) is 0 Å². The van der Waals surface area contributed by atoms with Crippen molar-refractivity contribution in [3.63, 3.8) is 0 Å². The molecule has 6 rings (SSSR count). The van der Waals surface area contributed by atoms with Gasteiger partial charge in [-0.25, -0.2) is 0 Å². The van der Waals surface area contributed by atoms with Gasteiger partial charge in [0.25, 0.3) is 0 Å². The Hall–Kier alpha value is -1.96. The summed E-state index contributed by atoms with van der Waals surface area (Å²) in [5.41, 5.74) is 11.4. The second-order valence-corrected chi connectivity index (χ2v) is 27.5. The van der Waals surface area contributed by atoms with Gasteiger partial charge in [-0.2, -0.15) is 0 Å². The summed E-state index contributed by atoms with van der Waals surface area (Å²) in [6.45, 7) is 19.1. The van der Waals surface area contributed by atoms with E-state index in [0.717, 1.165) is 12.8 Å². The first-order valence-electron chi connectivity index (χ1n) is 15.5. The SMILES string of the molecule is Cc1cc2c(cc1C(C)(C)C)-c1cc(C(C)(C)C)c(C)[c]([Zr+2]([C]3=CC=CC3)=[Si](c3ccccc3)c3ccccc3)c1C2.[Cl-].[Cl-]. The van der Waals surface area contributed by atoms with E-state index in [1.165, 1.54) is 33.4 Å². The molecular weight excluding hydrogens is 671 g/mol. The molecule has 4 heteroatoms. The Kier molecular flexibility index (Phi) is 10.6. The minimum absolute atomic E-state index is 0. The van der Waals surface area contributed by atoms with Crippen molar-refractivity contribution in [2.24, 2.45) is 0 Å². The van der Waals surface area contributed by atoms with Gasteiger partial charge in [0.05, 0.1) is 0 Å². The summed E-state index contributed by atoms with van der Waals surface area (Å²) in [5, 5.41) is 3.15. The molecule has 0 spiro atoms. The summed E-state index contributed by atoms with van der Waals surface area (Å²) in [6, 6.07) is 30.8. The number of hydrogen-bond acceptors (Lipinski definition) is 0. The number of rotatable bonds is 4. The van der Waals surface area contributed by atoms with Crippen molar-refractivity contribution in [3.8, 4) is 11.1 Å². The van der Waals surface area contributed by atoms with Crippen LogP contribution in [-0.4, -0.2) is 5.43 Å². The summed E-state index contributed by atoms with van der Waals surface area (Å²) >= 11 is -2.53. The zero-order chi connectivity index (χ0) is 29.8. The van der Waals surface area contributed by atoms with Crippen LogP contribution in [0.15, 0.2) is 100 Å². The first-order chi connectivity index (χ1) is 19.9. The molecule has 0 N–H and O–H groups in total. The molecule has 0 unspecified atom stereocenters. The monoisotopic (exact) mass is 712 g/mol. The molecule has 0 saturated heterocycles. The maximum atomic E-state index is 2.60. The first kappa shape index (κ1) is 34.9. The number of fused-ring (bicyclic) bond motifs is 3. The molecule has 0 atom stereocenters. The Morgan fingerprint density at radius 2 is 1.23 bits per heavy atom. The normalized spacial score (nSPS) is 13.2. The number of aryl methyl sites for hydroxylation is 1. The molecule has 0 amide bonds. The van der Waals surface area contributed by atoms with E-state index in [9.17, 15) is 0 Å². The van der Waals surface area contributed by atoms with E-state index in [0.29, 0.717) is 0 Å². The fraction of sp³-hybridized carbons (Fsp3) is 0.300. The van der Waals surface area contributed by atoms with E-state index in [1.807, 2.05) is 0 Å². The Bertz CT molecular complexity index is 1740. The van der Waals surface area contributed by atoms with Crippen LogP contribution in [0.5, 0.6) is 0 Å². The Labute approximate surface area is 286 Å². The first-order valence-corrected chi connectivity index (χ1v) is 23.1. The fourth-order valence-electron chi connectivity index (χ4n) is 7.28. The third-order valence-corrected chi connectivity index (χ3v) is 28.2. The van der Waals surface area contributed by atoms with Crippen molar-refractivity contribution in [2.75, 3.05) is 0 Å². The molecule has 44 heavy (non-hydrogen) atoms. The van der Waals surface area contributed by atoms with Gasteiger partial charge in [-0.05, 0) is 0 Å². The van der Waals surface area contributed by atoms with Crippen LogP contribution in [0.4, 0.5) is 0 Å². The number of benzene rings is 4. The molecule has 0 fully saturated rings. The van der Waals surface area contributed by atoms with Crippen molar-refractivity contribution < 1.29 is 45.2 Å². The predicted octanol–water partition coefficient (Wildman–Crippen LogP) is 2.37. The summed E-state index contributed by atoms with van der Waals surface area (Å²) in [5.74, 6) is 0. The molecule has 0 aliphatic heterocycles. The topological polar surface area (TPSA) is 0 Å². The van der Waals surface area contributed by atoms with Crippen molar-refractivity contribution in [3.05, 3.63) is 134 Å². The molecular formula is C40H44Cl2SiZr. The zero-order valence-electron chi connectivity index (χ0n) is 27.4. The van der Waals surface area contributed by atoms with Crippen molar-refractivity contribution in [1.29, 1.82) is 0 Å². The standard InChI is InChI=1S/C23H29.C12H10Si.C5H5.2ClH.Zr/c1-14-9-16-11-17-10-15(2)21(23(6,7)8)13-19(17)18(16)12-20(14)22(3,4)5;1-3-7-11(8-4-1)13-12-9-5-2-6-10-12;1-2-4-5-3-1;;;/h9,12-13H,11H2,1-8H3;1-10H;1-3H,4H2;2*1H;/q;;;;;+2/p-2. The predicted molar refractivity (Wildman–Crippen MR) is 181 cm³/mol. The molecule has 0 nitrogen and oxygen atoms in total. The largest absolute Gasteiger partial charge is 1.00 e. The van der Waals surface area contributed by atoms with Gasteiger partial charge >= 0.3 is 263 Å². The van der Waals surface area contributed by atoms with Crippen LogP contribution >= 0.6 is 0 Å². The van der Waals surface area contributed by atoms with Gasteiger partial charge in [-0.1, -0.05) is 0 Å². The van der Waals surface area contributed by atoms with E-state index in [-0.39, 0.29) is 35.6 Å². The molecule has 0 aromatic heterocycles. The smallest absolute Gasteiger partial charge is 1.00 e. The van der Waals surface area contributed by atoms with Crippen LogP contribution in [0.3, 0.4) is 0 Å². The van der Waals surface area contributed by atoms with Gasteiger partial charge in [0.2, 0.25) is 0 Å². The summed E-state index contributed by atoms with van der Waals surface area (Å²) in [6.07, 6.45) is 9.45. The van der Waals surface area contributed by atoms with E-state index < -0.39 is 25.8 Å². The average molecular weight is 715 g/mol. The second-order valence-electron chi connectivity index (χ2n) is 14.3. The van der Waals surface area contributed by atoms with Gasteiger partial charge in [-0.3, -0.25) is 0 Å². The number of hydrogen-bond donors (Lipinski definition) is 0. The minimum atomic E-state index is -2.53. The quantitative estimate of drug-likeness (QED) is 0.251. The second kappa shape index (κ2) is 13.4. The number of halogens is 2. The van der Waals surface area contributed by atoms with Crippen molar-refractivity contribution in [1.82, 2.24) is 0 Å². The minimum Gasteiger partial charge on any atom is -1.00 e. The van der Waals surface area contributed by atoms with Crippen LogP contribution in [0, 0.1) is 13.8 Å². The molecule has 226 valence electrons. The summed E-state index contributed by atoms with van der Waals surface area (Å²) in [4.78, 5) is 0. The fourth-order valence-corrected chi connectivity index (χ4v) is 28.6. The van der Waals surface area contributed by atoms with Crippen LogP contribution in [0.25, 0.3) is 11.1 Å². The molecule has 4 aromatic carbocycles. The van der Waals surface area contributed by atoms with Crippen LogP contribution in [-0.2, 0) is 37.6 Å². The van der Waals surface area contributed by atoms with E-state index in [1.54, 1.807) is 28.1 Å². The summed E-state index contributed by atoms with van der Waals surface area (Å²) < 4.78 is 3.56. The van der Waals surface area contributed by atoms with Gasteiger partial charge < -0.3 is 24.8 Å². The molecule has 4 aromatic rings. The van der Waals surface area contributed by atoms with E-state index in [2.05, 4.69) is 152 Å². The molecule has 0 bridgehead atoms. The van der Waals surface area contributed by atoms with E-state index >= 15 is 0 Å². The Morgan fingerprint density at radius 1 is 0.682 bits per heavy atom. The van der Waals surface area contributed by atoms with Gasteiger partial charge in [0, 0.05) is 0 Å². The van der Waals surface area contributed by atoms with Crippen LogP contribution in [0.2, 0.25) is 0 Å². The maximum Gasteiger partial charge on any atom is -1.00 e. The molecule has 0 saturated carbocycles. The summed E-state index contributed by atoms with van der Waals surface area (Å²) in [7, 11) is 0.